The molecule has 23 heavy (non-hydrogen) atoms. The molecule has 0 bridgehead atoms. The van der Waals surface area contributed by atoms with E-state index in [1.807, 2.05) is 51.1 Å². The lowest BCUT2D eigenvalue weighted by atomic mass is 9.85. The van der Waals surface area contributed by atoms with E-state index >= 15 is 0 Å². The highest BCUT2D eigenvalue weighted by Crippen LogP contribution is 2.27. The van der Waals surface area contributed by atoms with Crippen molar-refractivity contribution in [3.8, 4) is 0 Å². The minimum Gasteiger partial charge on any atom is -0.292 e. The van der Waals surface area contributed by atoms with Gasteiger partial charge < -0.3 is 0 Å². The fraction of sp³-hybridized carbons (Fsp3) is 0.500. The summed E-state index contributed by atoms with van der Waals surface area (Å²) >= 11 is 0. The first-order valence-corrected chi connectivity index (χ1v) is 7.55. The number of para-hydroxylation sites is 1. The van der Waals surface area contributed by atoms with Crippen molar-refractivity contribution in [1.29, 1.82) is 0 Å². The summed E-state index contributed by atoms with van der Waals surface area (Å²) in [4.78, 5) is 30.6. The zero-order valence-electron chi connectivity index (χ0n) is 13.6. The molecule has 0 spiro atoms. The van der Waals surface area contributed by atoms with E-state index < -0.39 is 6.04 Å². The van der Waals surface area contributed by atoms with Crippen molar-refractivity contribution in [1.82, 2.24) is 4.90 Å². The average Bonchev–Trinajstić information content (AvgIpc) is 2.88. The minimum atomic E-state index is -0.487. The molecule has 1 saturated heterocycles. The summed E-state index contributed by atoms with van der Waals surface area (Å²) in [6.45, 7) is 6.53. The second-order valence-electron chi connectivity index (χ2n) is 6.61. The number of urea groups is 1. The zero-order chi connectivity index (χ0) is 17.0. The third-order valence-corrected chi connectivity index (χ3v) is 3.94. The molecule has 1 aliphatic heterocycles. The Hall–Kier alpha value is -2.53. The standard InChI is InChI=1S/C16H21N5O2/c1-16(2,3)13(18-19-17)11-14(22)21-10-9-20(15(21)23)12-7-5-4-6-8-12/h4-8,13H,9-11H2,1-3H3/t13-/m1/s1. The van der Waals surface area contributed by atoms with E-state index in [1.54, 1.807) is 4.90 Å². The topological polar surface area (TPSA) is 89.4 Å². The van der Waals surface area contributed by atoms with Gasteiger partial charge in [-0.25, -0.2) is 4.79 Å². The summed E-state index contributed by atoms with van der Waals surface area (Å²) in [5, 5.41) is 3.72. The molecule has 0 aromatic heterocycles. The number of hydrogen-bond acceptors (Lipinski definition) is 3. The number of nitrogens with zero attached hydrogens (tertiary/aromatic N) is 5. The molecule has 0 unspecified atom stereocenters. The number of benzene rings is 1. The van der Waals surface area contributed by atoms with Gasteiger partial charge in [-0.3, -0.25) is 14.6 Å². The molecule has 1 atom stereocenters. The third-order valence-electron chi connectivity index (χ3n) is 3.94. The van der Waals surface area contributed by atoms with Gasteiger partial charge in [-0.05, 0) is 23.1 Å². The summed E-state index contributed by atoms with van der Waals surface area (Å²) < 4.78 is 0. The highest BCUT2D eigenvalue weighted by molar-refractivity contribution is 6.04. The summed E-state index contributed by atoms with van der Waals surface area (Å²) in [5.41, 5.74) is 9.11. The molecule has 0 aliphatic carbocycles. The molecule has 3 amide bonds. The van der Waals surface area contributed by atoms with Crippen LogP contribution in [0.2, 0.25) is 0 Å². The number of carbonyl (C=O) groups is 2. The smallest absolute Gasteiger partial charge is 0.292 e. The summed E-state index contributed by atoms with van der Waals surface area (Å²) in [5.74, 6) is -0.305. The van der Waals surface area contributed by atoms with Gasteiger partial charge in [-0.15, -0.1) is 0 Å². The van der Waals surface area contributed by atoms with Crippen molar-refractivity contribution in [2.45, 2.75) is 33.2 Å². The maximum atomic E-state index is 12.5. The van der Waals surface area contributed by atoms with Crippen LogP contribution in [0.4, 0.5) is 10.5 Å². The van der Waals surface area contributed by atoms with Crippen LogP contribution < -0.4 is 4.90 Å². The Morgan fingerprint density at radius 2 is 1.96 bits per heavy atom. The van der Waals surface area contributed by atoms with E-state index in [1.165, 1.54) is 4.90 Å². The molecule has 1 aliphatic rings. The third kappa shape index (κ3) is 3.81. The maximum Gasteiger partial charge on any atom is 0.331 e. The Bertz CT molecular complexity index is 632. The van der Waals surface area contributed by atoms with Gasteiger partial charge in [0, 0.05) is 30.1 Å². The predicted molar refractivity (Wildman–Crippen MR) is 87.9 cm³/mol. The fourth-order valence-corrected chi connectivity index (χ4v) is 2.47. The van der Waals surface area contributed by atoms with Gasteiger partial charge in [-0.1, -0.05) is 44.1 Å². The molecule has 0 N–H and O–H groups in total. The molecule has 1 heterocycles. The second-order valence-corrected chi connectivity index (χ2v) is 6.61. The Morgan fingerprint density at radius 1 is 1.30 bits per heavy atom. The number of hydrogen-bond donors (Lipinski definition) is 0. The summed E-state index contributed by atoms with van der Waals surface area (Å²) in [7, 11) is 0. The van der Waals surface area contributed by atoms with E-state index in [0.717, 1.165) is 5.69 Å². The SMILES string of the molecule is CC(C)(C)[C@@H](CC(=O)N1CCN(c2ccccc2)C1=O)N=[N+]=[N-]. The van der Waals surface area contributed by atoms with Crippen molar-refractivity contribution in [3.05, 3.63) is 40.8 Å². The first-order valence-electron chi connectivity index (χ1n) is 7.55. The number of anilines is 1. The molecule has 0 radical (unpaired) electrons. The minimum absolute atomic E-state index is 0.0297. The van der Waals surface area contributed by atoms with Crippen molar-refractivity contribution >= 4 is 17.6 Å². The molecule has 1 aromatic carbocycles. The highest BCUT2D eigenvalue weighted by Gasteiger charge is 2.36. The number of amides is 3. The maximum absolute atomic E-state index is 12.5. The van der Waals surface area contributed by atoms with Gasteiger partial charge in [0.15, 0.2) is 0 Å². The Morgan fingerprint density at radius 3 is 2.52 bits per heavy atom. The van der Waals surface area contributed by atoms with Crippen LogP contribution in [0.1, 0.15) is 27.2 Å². The van der Waals surface area contributed by atoms with Crippen LogP contribution in [0.5, 0.6) is 0 Å². The van der Waals surface area contributed by atoms with Crippen molar-refractivity contribution < 1.29 is 9.59 Å². The molecular weight excluding hydrogens is 294 g/mol. The van der Waals surface area contributed by atoms with E-state index in [-0.39, 0.29) is 23.8 Å². The lowest BCUT2D eigenvalue weighted by molar-refractivity contribution is -0.128. The van der Waals surface area contributed by atoms with Crippen molar-refractivity contribution in [2.24, 2.45) is 10.5 Å². The fourth-order valence-electron chi connectivity index (χ4n) is 2.47. The van der Waals surface area contributed by atoms with Crippen LogP contribution >= 0.6 is 0 Å². The van der Waals surface area contributed by atoms with Gasteiger partial charge in [0.2, 0.25) is 5.91 Å². The normalized spacial score (nSPS) is 16.2. The summed E-state index contributed by atoms with van der Waals surface area (Å²) in [6, 6.07) is 8.44. The van der Waals surface area contributed by atoms with Crippen LogP contribution in [-0.4, -0.2) is 36.0 Å². The molecular formula is C16H21N5O2. The summed E-state index contributed by atoms with van der Waals surface area (Å²) in [6.07, 6.45) is 0.0297. The molecule has 7 heteroatoms. The van der Waals surface area contributed by atoms with Crippen LogP contribution in [0.15, 0.2) is 35.4 Å². The van der Waals surface area contributed by atoms with Crippen LogP contribution in [0.3, 0.4) is 0 Å². The number of carbonyl (C=O) groups excluding carboxylic acids is 2. The lowest BCUT2D eigenvalue weighted by Crippen LogP contribution is -2.39. The van der Waals surface area contributed by atoms with E-state index in [4.69, 9.17) is 5.53 Å². The zero-order valence-corrected chi connectivity index (χ0v) is 13.6. The van der Waals surface area contributed by atoms with Crippen LogP contribution in [0, 0.1) is 5.41 Å². The van der Waals surface area contributed by atoms with Crippen molar-refractivity contribution in [3.63, 3.8) is 0 Å². The number of imide groups is 1. The molecule has 0 saturated carbocycles. The van der Waals surface area contributed by atoms with Gasteiger partial charge in [-0.2, -0.15) is 0 Å². The molecule has 1 fully saturated rings. The van der Waals surface area contributed by atoms with E-state index in [9.17, 15) is 9.59 Å². The second kappa shape index (κ2) is 6.71. The molecule has 7 nitrogen and oxygen atoms in total. The first-order chi connectivity index (χ1) is 10.8. The lowest BCUT2D eigenvalue weighted by Gasteiger charge is -2.27. The quantitative estimate of drug-likeness (QED) is 0.483. The number of rotatable bonds is 4. The monoisotopic (exact) mass is 315 g/mol. The van der Waals surface area contributed by atoms with Crippen LogP contribution in [-0.2, 0) is 4.79 Å². The molecule has 1 aromatic rings. The number of azide groups is 1. The van der Waals surface area contributed by atoms with Gasteiger partial charge in [0.05, 0.1) is 6.04 Å². The van der Waals surface area contributed by atoms with Gasteiger partial charge >= 0.3 is 6.03 Å². The molecule has 2 rings (SSSR count). The molecule has 122 valence electrons. The van der Waals surface area contributed by atoms with Gasteiger partial charge in [0.25, 0.3) is 0 Å². The largest absolute Gasteiger partial charge is 0.331 e. The highest BCUT2D eigenvalue weighted by atomic mass is 16.2. The average molecular weight is 315 g/mol. The first kappa shape index (κ1) is 16.8. The van der Waals surface area contributed by atoms with E-state index in [2.05, 4.69) is 10.0 Å². The Balaban J connectivity index is 2.09. The predicted octanol–water partition coefficient (Wildman–Crippen LogP) is 3.57. The van der Waals surface area contributed by atoms with Crippen molar-refractivity contribution in [2.75, 3.05) is 18.0 Å². The Labute approximate surface area is 135 Å². The Kier molecular flexibility index (Phi) is 4.91. The van der Waals surface area contributed by atoms with E-state index in [0.29, 0.717) is 13.1 Å². The van der Waals surface area contributed by atoms with Crippen LogP contribution in [0.25, 0.3) is 10.4 Å². The van der Waals surface area contributed by atoms with Gasteiger partial charge in [0.1, 0.15) is 0 Å².